The molecule has 0 aromatic heterocycles. The Kier molecular flexibility index (Phi) is 76.3. The predicted molar refractivity (Wildman–Crippen MR) is 428 cm³/mol. The second kappa shape index (κ2) is 77.8. The van der Waals surface area contributed by atoms with Crippen LogP contribution in [0, 0.1) is 5.92 Å². The van der Waals surface area contributed by atoms with Crippen LogP contribution in [0.2, 0.25) is 0 Å². The summed E-state index contributed by atoms with van der Waals surface area (Å²) in [5.41, 5.74) is 0. The molecule has 104 heavy (non-hydrogen) atoms. The summed E-state index contributed by atoms with van der Waals surface area (Å²) in [5.74, 6) is -1.28. The highest BCUT2D eigenvalue weighted by atomic mass is 31.2. The van der Waals surface area contributed by atoms with E-state index in [9.17, 15) is 43.2 Å². The van der Waals surface area contributed by atoms with Crippen molar-refractivity contribution in [2.75, 3.05) is 39.6 Å². The van der Waals surface area contributed by atoms with Gasteiger partial charge in [-0.3, -0.25) is 37.3 Å². The maximum atomic E-state index is 13.1. The van der Waals surface area contributed by atoms with Crippen molar-refractivity contribution in [3.05, 3.63) is 0 Å². The summed E-state index contributed by atoms with van der Waals surface area (Å²) in [4.78, 5) is 73.1. The van der Waals surface area contributed by atoms with Crippen LogP contribution in [0.1, 0.15) is 458 Å². The van der Waals surface area contributed by atoms with Gasteiger partial charge in [-0.25, -0.2) is 9.13 Å². The molecule has 19 heteroatoms. The Morgan fingerprint density at radius 3 is 0.654 bits per heavy atom. The number of phosphoric acid groups is 2. The molecule has 2 unspecified atom stereocenters. The molecule has 618 valence electrons. The first-order chi connectivity index (χ1) is 50.5. The minimum Gasteiger partial charge on any atom is -0.462 e. The van der Waals surface area contributed by atoms with Gasteiger partial charge in [-0.2, -0.15) is 0 Å². The Morgan fingerprint density at radius 1 is 0.260 bits per heavy atom. The topological polar surface area (TPSA) is 237 Å². The van der Waals surface area contributed by atoms with Crippen LogP contribution in [-0.2, 0) is 65.4 Å². The van der Waals surface area contributed by atoms with E-state index in [4.69, 9.17) is 37.0 Å². The van der Waals surface area contributed by atoms with Gasteiger partial charge in [0.15, 0.2) is 12.2 Å². The summed E-state index contributed by atoms with van der Waals surface area (Å²) < 4.78 is 68.8. The van der Waals surface area contributed by atoms with Gasteiger partial charge in [0, 0.05) is 25.7 Å². The lowest BCUT2D eigenvalue weighted by Gasteiger charge is -2.21. The third kappa shape index (κ3) is 78.2. The van der Waals surface area contributed by atoms with Crippen molar-refractivity contribution in [2.24, 2.45) is 5.92 Å². The number of hydrogen-bond acceptors (Lipinski definition) is 15. The molecule has 0 saturated carbocycles. The van der Waals surface area contributed by atoms with E-state index in [0.29, 0.717) is 25.7 Å². The molecule has 0 heterocycles. The summed E-state index contributed by atoms with van der Waals surface area (Å²) in [5, 5.41) is 10.7. The van der Waals surface area contributed by atoms with Crippen LogP contribution in [0.3, 0.4) is 0 Å². The Bertz CT molecular complexity index is 1980. The molecule has 0 aliphatic heterocycles. The first-order valence-electron chi connectivity index (χ1n) is 44.1. The van der Waals surface area contributed by atoms with Crippen LogP contribution in [0.5, 0.6) is 0 Å². The number of unbranched alkanes of at least 4 members (excludes halogenated alkanes) is 57. The van der Waals surface area contributed by atoms with Crippen LogP contribution >= 0.6 is 15.6 Å². The van der Waals surface area contributed by atoms with Gasteiger partial charge >= 0.3 is 39.5 Å². The number of ether oxygens (including phenoxy) is 4. The molecule has 0 fully saturated rings. The third-order valence-electron chi connectivity index (χ3n) is 20.0. The van der Waals surface area contributed by atoms with Gasteiger partial charge in [0.05, 0.1) is 26.4 Å². The van der Waals surface area contributed by atoms with Crippen molar-refractivity contribution in [1.29, 1.82) is 0 Å². The van der Waals surface area contributed by atoms with Crippen LogP contribution < -0.4 is 0 Å². The smallest absolute Gasteiger partial charge is 0.462 e. The van der Waals surface area contributed by atoms with E-state index in [2.05, 4.69) is 34.6 Å². The summed E-state index contributed by atoms with van der Waals surface area (Å²) >= 11 is 0. The van der Waals surface area contributed by atoms with Crippen molar-refractivity contribution in [2.45, 2.75) is 477 Å². The molecular formula is C85H166O17P2. The Morgan fingerprint density at radius 2 is 0.442 bits per heavy atom. The van der Waals surface area contributed by atoms with Crippen LogP contribution in [0.4, 0.5) is 0 Å². The largest absolute Gasteiger partial charge is 0.472 e. The zero-order valence-corrected chi connectivity index (χ0v) is 70.0. The Labute approximate surface area is 638 Å². The highest BCUT2D eigenvalue weighted by Gasteiger charge is 2.30. The second-order valence-electron chi connectivity index (χ2n) is 31.1. The molecule has 17 nitrogen and oxygen atoms in total. The van der Waals surface area contributed by atoms with Gasteiger partial charge in [-0.1, -0.05) is 407 Å². The van der Waals surface area contributed by atoms with Crippen molar-refractivity contribution < 1.29 is 80.2 Å². The molecule has 0 radical (unpaired) electrons. The molecule has 0 rings (SSSR count). The number of carbonyl (C=O) groups is 4. The molecule has 0 bridgehead atoms. The van der Waals surface area contributed by atoms with Gasteiger partial charge in [-0.15, -0.1) is 0 Å². The standard InChI is InChI=1S/C85H166O17P2/c1-6-9-12-15-18-21-23-25-27-29-34-37-41-45-49-54-59-64-69-83(88)96-75-81(102-85(90)71-66-61-56-51-47-43-39-35-31-30-33-36-40-44-48-52-57-62-67-78(4)5)77-100-104(93,94)98-73-79(86)72-97-103(91,92)99-76-80(74-95-82(87)68-63-58-53-20-17-14-11-8-3)101-84(89)70-65-60-55-50-46-42-38-32-28-26-24-22-19-16-13-10-7-2/h78-81,86H,6-77H2,1-5H3,(H,91,92)(H,93,94)/t79-,80+,81+/m0/s1. The lowest BCUT2D eigenvalue weighted by atomic mass is 10.0. The Hall–Kier alpha value is -1.94. The molecule has 0 amide bonds. The van der Waals surface area contributed by atoms with Crippen molar-refractivity contribution >= 4 is 39.5 Å². The quantitative estimate of drug-likeness (QED) is 0.0222. The number of phosphoric ester groups is 2. The molecule has 0 aromatic carbocycles. The van der Waals surface area contributed by atoms with Crippen LogP contribution in [0.25, 0.3) is 0 Å². The fraction of sp³-hybridized carbons (Fsp3) is 0.953. The fourth-order valence-electron chi connectivity index (χ4n) is 13.3. The first kappa shape index (κ1) is 102. The molecular weight excluding hydrogens is 1350 g/mol. The average molecular weight is 1520 g/mol. The molecule has 3 N–H and O–H groups in total. The number of aliphatic hydroxyl groups is 1. The first-order valence-corrected chi connectivity index (χ1v) is 47.1. The summed E-state index contributed by atoms with van der Waals surface area (Å²) in [6.07, 6.45) is 70.9. The molecule has 5 atom stereocenters. The van der Waals surface area contributed by atoms with E-state index in [-0.39, 0.29) is 25.7 Å². The predicted octanol–water partition coefficient (Wildman–Crippen LogP) is 26.0. The second-order valence-corrected chi connectivity index (χ2v) is 34.0. The van der Waals surface area contributed by atoms with Gasteiger partial charge in [0.2, 0.25) is 0 Å². The minimum absolute atomic E-state index is 0.109. The van der Waals surface area contributed by atoms with Crippen molar-refractivity contribution in [3.63, 3.8) is 0 Å². The number of rotatable bonds is 85. The molecule has 0 aromatic rings. The maximum Gasteiger partial charge on any atom is 0.472 e. The fourth-order valence-corrected chi connectivity index (χ4v) is 14.9. The van der Waals surface area contributed by atoms with E-state index in [0.717, 1.165) is 95.8 Å². The van der Waals surface area contributed by atoms with Crippen LogP contribution in [-0.4, -0.2) is 96.7 Å². The zero-order chi connectivity index (χ0) is 76.2. The number of esters is 4. The number of aliphatic hydroxyl groups excluding tert-OH is 1. The van der Waals surface area contributed by atoms with E-state index >= 15 is 0 Å². The average Bonchev–Trinajstić information content (AvgIpc) is 0.916. The van der Waals surface area contributed by atoms with E-state index in [1.54, 1.807) is 0 Å². The third-order valence-corrected chi connectivity index (χ3v) is 21.9. The number of carbonyl (C=O) groups excluding carboxylic acids is 4. The lowest BCUT2D eigenvalue weighted by molar-refractivity contribution is -0.161. The molecule has 0 spiro atoms. The monoisotopic (exact) mass is 1520 g/mol. The Balaban J connectivity index is 5.18. The van der Waals surface area contributed by atoms with E-state index in [1.165, 1.54) is 283 Å². The normalized spacial score (nSPS) is 13.8. The SMILES string of the molecule is CCCCCCCCCCCCCCCCCCCCC(=O)OC[C@H](COP(=O)(O)OC[C@@H](O)COP(=O)(O)OC[C@@H](COC(=O)CCCCCCCCCC)OC(=O)CCCCCCCCCCCCCCCCCCC)OC(=O)CCCCCCCCCCCCCCCCCCCCC(C)C. The minimum atomic E-state index is -4.96. The van der Waals surface area contributed by atoms with Crippen molar-refractivity contribution in [1.82, 2.24) is 0 Å². The summed E-state index contributed by atoms with van der Waals surface area (Å²) in [7, 11) is -9.92. The molecule has 0 saturated heterocycles. The van der Waals surface area contributed by atoms with Gasteiger partial charge < -0.3 is 33.8 Å². The number of hydrogen-bond donors (Lipinski definition) is 3. The van der Waals surface area contributed by atoms with Gasteiger partial charge in [0.1, 0.15) is 19.3 Å². The summed E-state index contributed by atoms with van der Waals surface area (Å²) in [6.45, 7) is 7.37. The highest BCUT2D eigenvalue weighted by molar-refractivity contribution is 7.47. The molecule has 0 aliphatic carbocycles. The zero-order valence-electron chi connectivity index (χ0n) is 68.2. The van der Waals surface area contributed by atoms with Gasteiger partial charge in [0.25, 0.3) is 0 Å². The van der Waals surface area contributed by atoms with Gasteiger partial charge in [-0.05, 0) is 31.6 Å². The summed E-state index contributed by atoms with van der Waals surface area (Å²) in [6, 6.07) is 0. The maximum absolute atomic E-state index is 13.1. The highest BCUT2D eigenvalue weighted by Crippen LogP contribution is 2.45. The van der Waals surface area contributed by atoms with E-state index < -0.39 is 97.5 Å². The lowest BCUT2D eigenvalue weighted by Crippen LogP contribution is -2.30. The van der Waals surface area contributed by atoms with Crippen molar-refractivity contribution in [3.8, 4) is 0 Å². The van der Waals surface area contributed by atoms with E-state index in [1.807, 2.05) is 0 Å². The molecule has 0 aliphatic rings. The van der Waals surface area contributed by atoms with Crippen LogP contribution in [0.15, 0.2) is 0 Å².